The monoisotopic (exact) mass is 484 g/mol. The first kappa shape index (κ1) is 23.7. The molecule has 1 saturated carbocycles. The largest absolute Gasteiger partial charge is 0.298 e. The lowest BCUT2D eigenvalue weighted by molar-refractivity contribution is -0.119. The molecule has 1 atom stereocenters. The molecule has 1 aromatic heterocycles. The van der Waals surface area contributed by atoms with Crippen LogP contribution in [0.2, 0.25) is 0 Å². The first-order valence-corrected chi connectivity index (χ1v) is 13.6. The number of para-hydroxylation sites is 1. The Morgan fingerprint density at radius 3 is 2.48 bits per heavy atom. The van der Waals surface area contributed by atoms with Crippen LogP contribution in [-0.2, 0) is 14.8 Å². The fraction of sp³-hybridized carbons (Fsp3) is 0.375. The van der Waals surface area contributed by atoms with Gasteiger partial charge in [0.2, 0.25) is 10.0 Å². The van der Waals surface area contributed by atoms with Crippen molar-refractivity contribution in [1.29, 1.82) is 0 Å². The van der Waals surface area contributed by atoms with Gasteiger partial charge in [-0.25, -0.2) is 8.42 Å². The third-order valence-corrected chi connectivity index (χ3v) is 9.13. The Hall–Kier alpha value is -2.49. The van der Waals surface area contributed by atoms with Crippen LogP contribution in [0.4, 0.5) is 0 Å². The summed E-state index contributed by atoms with van der Waals surface area (Å²) in [5, 5.41) is 9.36. The number of sulfonamides is 1. The Morgan fingerprint density at radius 1 is 1.03 bits per heavy atom. The molecule has 1 aliphatic carbocycles. The predicted molar refractivity (Wildman–Crippen MR) is 130 cm³/mol. The van der Waals surface area contributed by atoms with Crippen LogP contribution < -0.4 is 0 Å². The average Bonchev–Trinajstić information content (AvgIpc) is 3.25. The average molecular weight is 485 g/mol. The van der Waals surface area contributed by atoms with Gasteiger partial charge in [0.15, 0.2) is 11.0 Å². The Kier molecular flexibility index (Phi) is 7.31. The van der Waals surface area contributed by atoms with E-state index in [1.807, 2.05) is 54.8 Å². The molecule has 1 aliphatic rings. The predicted octanol–water partition coefficient (Wildman–Crippen LogP) is 4.57. The molecule has 174 valence electrons. The number of hydrogen-bond donors (Lipinski definition) is 0. The van der Waals surface area contributed by atoms with Crippen molar-refractivity contribution >= 4 is 27.6 Å². The highest BCUT2D eigenvalue weighted by Crippen LogP contribution is 2.35. The number of carbonyl (C=O) groups excluding carboxylic acids is 1. The van der Waals surface area contributed by atoms with E-state index in [-0.39, 0.29) is 15.9 Å². The number of thioether (sulfide) groups is 1. The van der Waals surface area contributed by atoms with E-state index in [1.165, 1.54) is 16.1 Å². The molecular formula is C24H28N4O3S2. The quantitative estimate of drug-likeness (QED) is 0.466. The maximum absolute atomic E-state index is 13.1. The van der Waals surface area contributed by atoms with E-state index in [0.29, 0.717) is 36.1 Å². The van der Waals surface area contributed by atoms with Gasteiger partial charge < -0.3 is 0 Å². The summed E-state index contributed by atoms with van der Waals surface area (Å²) in [7, 11) is -3.61. The minimum absolute atomic E-state index is 0.132. The standard InChI is InChI=1S/C24H28N4O3S2/c1-3-27(4-2)33(30,31)20-14-10-11-18(17-20)23-25-26-24(28(23)19-12-6-5-7-13-19)32-22-16-9-8-15-21(22)29/h5-7,10-14,17,22H,3-4,8-9,15-16H2,1-2H3. The van der Waals surface area contributed by atoms with E-state index < -0.39 is 10.0 Å². The summed E-state index contributed by atoms with van der Waals surface area (Å²) in [4.78, 5) is 12.7. The van der Waals surface area contributed by atoms with Crippen molar-refractivity contribution in [3.05, 3.63) is 54.6 Å². The first-order valence-electron chi connectivity index (χ1n) is 11.3. The highest BCUT2D eigenvalue weighted by atomic mass is 32.2. The maximum Gasteiger partial charge on any atom is 0.243 e. The SMILES string of the molecule is CCN(CC)S(=O)(=O)c1cccc(-c2nnc(SC3CCCCC3=O)n2-c2ccccc2)c1. The van der Waals surface area contributed by atoms with Gasteiger partial charge in [-0.05, 0) is 37.1 Å². The molecule has 0 bridgehead atoms. The van der Waals surface area contributed by atoms with Crippen LogP contribution in [-0.4, -0.2) is 51.6 Å². The molecule has 4 rings (SSSR count). The molecule has 1 fully saturated rings. The Bertz CT molecular complexity index is 1220. The molecule has 0 radical (unpaired) electrons. The van der Waals surface area contributed by atoms with Gasteiger partial charge in [-0.3, -0.25) is 9.36 Å². The number of hydrogen-bond acceptors (Lipinski definition) is 6. The number of nitrogens with zero attached hydrogens (tertiary/aromatic N) is 4. The Labute approximate surface area is 199 Å². The Morgan fingerprint density at radius 2 is 1.79 bits per heavy atom. The van der Waals surface area contributed by atoms with Crippen LogP contribution in [0.15, 0.2) is 64.6 Å². The maximum atomic E-state index is 13.1. The molecule has 7 nitrogen and oxygen atoms in total. The molecule has 2 aromatic carbocycles. The van der Waals surface area contributed by atoms with Crippen LogP contribution in [0.25, 0.3) is 17.1 Å². The number of carbonyl (C=O) groups is 1. The van der Waals surface area contributed by atoms with E-state index in [1.54, 1.807) is 18.2 Å². The second-order valence-electron chi connectivity index (χ2n) is 7.91. The van der Waals surface area contributed by atoms with E-state index in [2.05, 4.69) is 10.2 Å². The van der Waals surface area contributed by atoms with Gasteiger partial charge in [0.25, 0.3) is 0 Å². The van der Waals surface area contributed by atoms with Crippen molar-refractivity contribution in [1.82, 2.24) is 19.1 Å². The summed E-state index contributed by atoms with van der Waals surface area (Å²) >= 11 is 1.44. The zero-order valence-corrected chi connectivity index (χ0v) is 20.5. The van der Waals surface area contributed by atoms with Crippen LogP contribution >= 0.6 is 11.8 Å². The molecule has 3 aromatic rings. The molecule has 33 heavy (non-hydrogen) atoms. The summed E-state index contributed by atoms with van der Waals surface area (Å²) in [5.41, 5.74) is 1.52. The highest BCUT2D eigenvalue weighted by Gasteiger charge is 2.28. The zero-order chi connectivity index (χ0) is 23.4. The van der Waals surface area contributed by atoms with Crippen molar-refractivity contribution in [2.24, 2.45) is 0 Å². The number of aromatic nitrogens is 3. The lowest BCUT2D eigenvalue weighted by Crippen LogP contribution is -2.30. The van der Waals surface area contributed by atoms with Crippen molar-refractivity contribution in [3.63, 3.8) is 0 Å². The smallest absolute Gasteiger partial charge is 0.243 e. The van der Waals surface area contributed by atoms with Gasteiger partial charge in [0.1, 0.15) is 5.78 Å². The second kappa shape index (κ2) is 10.2. The first-order chi connectivity index (χ1) is 16.0. The van der Waals surface area contributed by atoms with E-state index in [0.717, 1.165) is 24.9 Å². The highest BCUT2D eigenvalue weighted by molar-refractivity contribution is 8.00. The van der Waals surface area contributed by atoms with Gasteiger partial charge in [-0.15, -0.1) is 10.2 Å². The van der Waals surface area contributed by atoms with Crippen LogP contribution in [0.3, 0.4) is 0 Å². The fourth-order valence-electron chi connectivity index (χ4n) is 4.05. The van der Waals surface area contributed by atoms with Gasteiger partial charge in [-0.2, -0.15) is 4.31 Å². The molecule has 0 aliphatic heterocycles. The normalized spacial score (nSPS) is 16.9. The lowest BCUT2D eigenvalue weighted by atomic mass is 9.99. The van der Waals surface area contributed by atoms with E-state index >= 15 is 0 Å². The lowest BCUT2D eigenvalue weighted by Gasteiger charge is -2.20. The molecule has 0 spiro atoms. The molecule has 0 N–H and O–H groups in total. The second-order valence-corrected chi connectivity index (χ2v) is 11.0. The Balaban J connectivity index is 1.79. The van der Waals surface area contributed by atoms with E-state index in [4.69, 9.17) is 0 Å². The van der Waals surface area contributed by atoms with Crippen molar-refractivity contribution in [2.45, 2.75) is 54.8 Å². The van der Waals surface area contributed by atoms with Crippen LogP contribution in [0.1, 0.15) is 39.5 Å². The number of rotatable bonds is 8. The van der Waals surface area contributed by atoms with Crippen LogP contribution in [0.5, 0.6) is 0 Å². The van der Waals surface area contributed by atoms with E-state index in [9.17, 15) is 13.2 Å². The topological polar surface area (TPSA) is 85.2 Å². The molecular weight excluding hydrogens is 456 g/mol. The molecule has 1 heterocycles. The van der Waals surface area contributed by atoms with Gasteiger partial charge in [0.05, 0.1) is 10.1 Å². The van der Waals surface area contributed by atoms with Crippen molar-refractivity contribution < 1.29 is 13.2 Å². The number of benzene rings is 2. The molecule has 9 heteroatoms. The van der Waals surface area contributed by atoms with Crippen molar-refractivity contribution in [3.8, 4) is 17.1 Å². The molecule has 1 unspecified atom stereocenters. The summed E-state index contributed by atoms with van der Waals surface area (Å²) in [6, 6.07) is 16.5. The zero-order valence-electron chi connectivity index (χ0n) is 18.8. The minimum atomic E-state index is -3.61. The van der Waals surface area contributed by atoms with Gasteiger partial charge in [0, 0.05) is 30.8 Å². The third kappa shape index (κ3) is 4.90. The van der Waals surface area contributed by atoms with Gasteiger partial charge >= 0.3 is 0 Å². The fourth-order valence-corrected chi connectivity index (χ4v) is 6.73. The number of ketones is 1. The summed E-state index contributed by atoms with van der Waals surface area (Å²) in [6.07, 6.45) is 3.41. The minimum Gasteiger partial charge on any atom is -0.298 e. The third-order valence-electron chi connectivity index (χ3n) is 5.83. The summed E-state index contributed by atoms with van der Waals surface area (Å²) < 4.78 is 29.5. The summed E-state index contributed by atoms with van der Waals surface area (Å²) in [5.74, 6) is 0.797. The van der Waals surface area contributed by atoms with Crippen LogP contribution in [0, 0.1) is 0 Å². The summed E-state index contributed by atoms with van der Waals surface area (Å²) in [6.45, 7) is 4.46. The number of Topliss-reactive ketones (excluding diaryl/α,β-unsaturated/α-hetero) is 1. The van der Waals surface area contributed by atoms with Crippen molar-refractivity contribution in [2.75, 3.05) is 13.1 Å². The molecule has 0 saturated heterocycles. The molecule has 0 amide bonds. The van der Waals surface area contributed by atoms with Gasteiger partial charge in [-0.1, -0.05) is 62.4 Å².